The van der Waals surface area contributed by atoms with Gasteiger partial charge in [-0.3, -0.25) is 4.99 Å². The topological polar surface area (TPSA) is 52.6 Å². The number of aliphatic imine (C=N–C) groups is 1. The average molecular weight is 413 g/mol. The van der Waals surface area contributed by atoms with E-state index in [1.165, 1.54) is 80.5 Å². The third-order valence-electron chi connectivity index (χ3n) is 6.57. The van der Waals surface area contributed by atoms with E-state index in [0.29, 0.717) is 12.1 Å². The smallest absolute Gasteiger partial charge is 0.121 e. The standard InChI is InChI=1S/C23H32N4OS/c1-28-19-12-16-13-21(26-22(16)20(14-19)24-17-6-2-3-7-17)23-25-18(15-29-23)8-11-27-9-4-5-10-27/h12-14,17-18,24,26H,2-11,15H2,1H3. The van der Waals surface area contributed by atoms with Crippen LogP contribution >= 0.6 is 11.8 Å². The molecule has 0 bridgehead atoms. The number of likely N-dealkylation sites (tertiary alicyclic amines) is 1. The van der Waals surface area contributed by atoms with Gasteiger partial charge >= 0.3 is 0 Å². The molecule has 1 aromatic carbocycles. The van der Waals surface area contributed by atoms with Gasteiger partial charge in [0.05, 0.1) is 30.0 Å². The Morgan fingerprint density at radius 1 is 1.17 bits per heavy atom. The fourth-order valence-corrected chi connectivity index (χ4v) is 5.98. The molecule has 2 fully saturated rings. The lowest BCUT2D eigenvalue weighted by Gasteiger charge is -2.15. The number of ether oxygens (including phenoxy) is 1. The molecular weight excluding hydrogens is 380 g/mol. The molecule has 29 heavy (non-hydrogen) atoms. The van der Waals surface area contributed by atoms with Crippen molar-refractivity contribution in [1.82, 2.24) is 9.88 Å². The average Bonchev–Trinajstić information content (AvgIpc) is 3.53. The lowest BCUT2D eigenvalue weighted by Crippen LogP contribution is -2.23. The SMILES string of the molecule is COc1cc(NC2CCCC2)c2[nH]c(C3=NC(CCN4CCCC4)CS3)cc2c1. The van der Waals surface area contributed by atoms with Gasteiger partial charge in [-0.25, -0.2) is 0 Å². The molecule has 2 N–H and O–H groups in total. The third kappa shape index (κ3) is 4.29. The summed E-state index contributed by atoms with van der Waals surface area (Å²) in [5.41, 5.74) is 3.49. The molecule has 0 radical (unpaired) electrons. The molecule has 1 aromatic heterocycles. The van der Waals surface area contributed by atoms with Crippen LogP contribution in [0.25, 0.3) is 10.9 Å². The van der Waals surface area contributed by atoms with E-state index in [1.54, 1.807) is 7.11 Å². The number of nitrogens with zero attached hydrogens (tertiary/aromatic N) is 2. The summed E-state index contributed by atoms with van der Waals surface area (Å²) in [5.74, 6) is 2.02. The van der Waals surface area contributed by atoms with Crippen LogP contribution in [0.1, 0.15) is 50.6 Å². The molecule has 0 amide bonds. The van der Waals surface area contributed by atoms with Crippen LogP contribution in [0.15, 0.2) is 23.2 Å². The number of H-pyrrole nitrogens is 1. The number of methoxy groups -OCH3 is 1. The lowest BCUT2D eigenvalue weighted by molar-refractivity contribution is 0.326. The normalized spacial score (nSPS) is 23.2. The van der Waals surface area contributed by atoms with Gasteiger partial charge in [0.15, 0.2) is 0 Å². The molecule has 5 rings (SSSR count). The molecular formula is C23H32N4OS. The molecule has 0 spiro atoms. The molecule has 5 nitrogen and oxygen atoms in total. The Morgan fingerprint density at radius 3 is 2.79 bits per heavy atom. The number of thioether (sulfide) groups is 1. The second-order valence-electron chi connectivity index (χ2n) is 8.68. The Kier molecular flexibility index (Phi) is 5.73. The fraction of sp³-hybridized carbons (Fsp3) is 0.609. The van der Waals surface area contributed by atoms with E-state index in [0.717, 1.165) is 22.9 Å². The van der Waals surface area contributed by atoms with Crippen molar-refractivity contribution in [3.63, 3.8) is 0 Å². The van der Waals surface area contributed by atoms with Crippen LogP contribution in [0.2, 0.25) is 0 Å². The Balaban J connectivity index is 1.35. The zero-order valence-electron chi connectivity index (χ0n) is 17.4. The summed E-state index contributed by atoms with van der Waals surface area (Å²) in [7, 11) is 1.75. The highest BCUT2D eigenvalue weighted by atomic mass is 32.2. The van der Waals surface area contributed by atoms with E-state index in [2.05, 4.69) is 33.4 Å². The molecule has 1 saturated heterocycles. The van der Waals surface area contributed by atoms with Gasteiger partial charge in [-0.1, -0.05) is 12.8 Å². The molecule has 156 valence electrons. The lowest BCUT2D eigenvalue weighted by atomic mass is 10.1. The van der Waals surface area contributed by atoms with Crippen molar-refractivity contribution >= 4 is 33.4 Å². The first-order chi connectivity index (χ1) is 14.3. The summed E-state index contributed by atoms with van der Waals surface area (Å²) < 4.78 is 5.57. The summed E-state index contributed by atoms with van der Waals surface area (Å²) in [6.45, 7) is 3.75. The maximum absolute atomic E-state index is 5.57. The van der Waals surface area contributed by atoms with Crippen LogP contribution in [-0.2, 0) is 0 Å². The predicted molar refractivity (Wildman–Crippen MR) is 124 cm³/mol. The summed E-state index contributed by atoms with van der Waals surface area (Å²) in [4.78, 5) is 11.3. The minimum atomic E-state index is 0.452. The molecule has 3 aliphatic rings. The van der Waals surface area contributed by atoms with Gasteiger partial charge in [-0.2, -0.15) is 0 Å². The molecule has 6 heteroatoms. The first kappa shape index (κ1) is 19.3. The van der Waals surface area contributed by atoms with E-state index in [4.69, 9.17) is 9.73 Å². The molecule has 1 aliphatic carbocycles. The van der Waals surface area contributed by atoms with E-state index in [9.17, 15) is 0 Å². The Labute approximate surface area is 177 Å². The van der Waals surface area contributed by atoms with E-state index in [1.807, 2.05) is 11.8 Å². The third-order valence-corrected chi connectivity index (χ3v) is 7.72. The molecule has 2 aromatic rings. The second kappa shape index (κ2) is 8.60. The van der Waals surface area contributed by atoms with Crippen LogP contribution in [0.4, 0.5) is 5.69 Å². The zero-order chi connectivity index (χ0) is 19.6. The Hall–Kier alpha value is -1.66. The highest BCUT2D eigenvalue weighted by Crippen LogP contribution is 2.34. The first-order valence-corrected chi connectivity index (χ1v) is 12.2. The van der Waals surface area contributed by atoms with Crippen molar-refractivity contribution in [2.75, 3.05) is 37.8 Å². The quantitative estimate of drug-likeness (QED) is 0.681. The van der Waals surface area contributed by atoms with Crippen molar-refractivity contribution in [1.29, 1.82) is 0 Å². The van der Waals surface area contributed by atoms with Crippen LogP contribution in [0, 0.1) is 0 Å². The first-order valence-electron chi connectivity index (χ1n) is 11.2. The van der Waals surface area contributed by atoms with Gasteiger partial charge in [-0.05, 0) is 57.3 Å². The number of aromatic nitrogens is 1. The number of hydrogen-bond acceptors (Lipinski definition) is 5. The Bertz CT molecular complexity index is 880. The van der Waals surface area contributed by atoms with Crippen molar-refractivity contribution in [2.24, 2.45) is 4.99 Å². The fourth-order valence-electron chi connectivity index (χ4n) is 4.90. The van der Waals surface area contributed by atoms with Crippen LogP contribution < -0.4 is 10.1 Å². The zero-order valence-corrected chi connectivity index (χ0v) is 18.2. The van der Waals surface area contributed by atoms with Gasteiger partial charge in [0.1, 0.15) is 10.8 Å². The maximum atomic E-state index is 5.57. The number of nitrogens with one attached hydrogen (secondary N) is 2. The molecule has 3 heterocycles. The van der Waals surface area contributed by atoms with Crippen molar-refractivity contribution < 1.29 is 4.74 Å². The molecule has 2 aliphatic heterocycles. The minimum absolute atomic E-state index is 0.452. The Morgan fingerprint density at radius 2 is 2.00 bits per heavy atom. The van der Waals surface area contributed by atoms with E-state index < -0.39 is 0 Å². The van der Waals surface area contributed by atoms with Crippen LogP contribution in [0.3, 0.4) is 0 Å². The maximum Gasteiger partial charge on any atom is 0.121 e. The van der Waals surface area contributed by atoms with Crippen molar-refractivity contribution in [2.45, 2.75) is 57.0 Å². The van der Waals surface area contributed by atoms with E-state index >= 15 is 0 Å². The molecule has 1 unspecified atom stereocenters. The van der Waals surface area contributed by atoms with E-state index in [-0.39, 0.29) is 0 Å². The molecule has 1 saturated carbocycles. The van der Waals surface area contributed by atoms with Crippen LogP contribution in [0.5, 0.6) is 5.75 Å². The van der Waals surface area contributed by atoms with Gasteiger partial charge < -0.3 is 19.9 Å². The number of fused-ring (bicyclic) bond motifs is 1. The van der Waals surface area contributed by atoms with Crippen molar-refractivity contribution in [3.05, 3.63) is 23.9 Å². The largest absolute Gasteiger partial charge is 0.497 e. The molecule has 1 atom stereocenters. The summed E-state index contributed by atoms with van der Waals surface area (Å²) >= 11 is 1.90. The second-order valence-corrected chi connectivity index (χ2v) is 9.69. The summed E-state index contributed by atoms with van der Waals surface area (Å²) in [5, 5.41) is 6.12. The predicted octanol–water partition coefficient (Wildman–Crippen LogP) is 4.88. The summed E-state index contributed by atoms with van der Waals surface area (Å²) in [6.07, 6.45) is 9.08. The highest BCUT2D eigenvalue weighted by Gasteiger charge is 2.23. The highest BCUT2D eigenvalue weighted by molar-refractivity contribution is 8.14. The van der Waals surface area contributed by atoms with Gasteiger partial charge in [0.2, 0.25) is 0 Å². The van der Waals surface area contributed by atoms with Crippen molar-refractivity contribution in [3.8, 4) is 5.75 Å². The number of rotatable bonds is 7. The number of hydrogen-bond donors (Lipinski definition) is 2. The van der Waals surface area contributed by atoms with Gasteiger partial charge in [-0.15, -0.1) is 11.8 Å². The summed E-state index contributed by atoms with van der Waals surface area (Å²) in [6, 6.07) is 7.52. The number of aromatic amines is 1. The van der Waals surface area contributed by atoms with Gasteiger partial charge in [0, 0.05) is 29.8 Å². The minimum Gasteiger partial charge on any atom is -0.497 e. The van der Waals surface area contributed by atoms with Crippen LogP contribution in [-0.4, -0.2) is 59.5 Å². The monoisotopic (exact) mass is 412 g/mol. The van der Waals surface area contributed by atoms with Gasteiger partial charge in [0.25, 0.3) is 0 Å². The number of anilines is 1. The number of benzene rings is 1.